The fraction of sp³-hybridized carbons (Fsp3) is 0.259. The standard InChI is InChI=1S/C27H31N3O4/c1-5-16-30(6-2)21-14-12-20(13-15-21)27(32)29-23-18-24(33-3)22(17-25(23)34-4)28-26(31)19-10-8-7-9-11-19/h7-15,17-18H,5-6,16H2,1-4H3,(H,28,31)(H,29,32). The zero-order valence-electron chi connectivity index (χ0n) is 20.1. The fourth-order valence-electron chi connectivity index (χ4n) is 3.63. The molecule has 0 spiro atoms. The van der Waals surface area contributed by atoms with Gasteiger partial charge in [-0.25, -0.2) is 0 Å². The lowest BCUT2D eigenvalue weighted by atomic mass is 10.1. The van der Waals surface area contributed by atoms with E-state index < -0.39 is 0 Å². The highest BCUT2D eigenvalue weighted by Gasteiger charge is 2.17. The van der Waals surface area contributed by atoms with E-state index in [0.29, 0.717) is 34.0 Å². The van der Waals surface area contributed by atoms with Crippen LogP contribution in [0, 0.1) is 0 Å². The summed E-state index contributed by atoms with van der Waals surface area (Å²) in [5.74, 6) is 0.247. The van der Waals surface area contributed by atoms with Gasteiger partial charge < -0.3 is 25.0 Å². The van der Waals surface area contributed by atoms with Crippen molar-refractivity contribution in [3.8, 4) is 11.5 Å². The zero-order valence-corrected chi connectivity index (χ0v) is 20.1. The van der Waals surface area contributed by atoms with Gasteiger partial charge in [0.05, 0.1) is 25.6 Å². The molecule has 0 radical (unpaired) electrons. The van der Waals surface area contributed by atoms with Gasteiger partial charge in [-0.2, -0.15) is 0 Å². The molecule has 0 aliphatic carbocycles. The summed E-state index contributed by atoms with van der Waals surface area (Å²) in [7, 11) is 3.00. The average Bonchev–Trinajstić information content (AvgIpc) is 2.88. The monoisotopic (exact) mass is 461 g/mol. The van der Waals surface area contributed by atoms with Gasteiger partial charge in [-0.3, -0.25) is 9.59 Å². The normalized spacial score (nSPS) is 10.4. The van der Waals surface area contributed by atoms with E-state index in [9.17, 15) is 9.59 Å². The second-order valence-corrected chi connectivity index (χ2v) is 7.65. The van der Waals surface area contributed by atoms with Crippen LogP contribution in [0.2, 0.25) is 0 Å². The number of ether oxygens (including phenoxy) is 2. The maximum Gasteiger partial charge on any atom is 0.255 e. The van der Waals surface area contributed by atoms with Crippen LogP contribution >= 0.6 is 0 Å². The van der Waals surface area contributed by atoms with Crippen LogP contribution in [0.15, 0.2) is 66.7 Å². The molecule has 0 aliphatic rings. The number of rotatable bonds is 10. The third-order valence-electron chi connectivity index (χ3n) is 5.42. The summed E-state index contributed by atoms with van der Waals surface area (Å²) in [5, 5.41) is 5.72. The number of anilines is 3. The van der Waals surface area contributed by atoms with E-state index in [1.54, 1.807) is 48.5 Å². The Balaban J connectivity index is 1.80. The van der Waals surface area contributed by atoms with E-state index >= 15 is 0 Å². The highest BCUT2D eigenvalue weighted by molar-refractivity contribution is 6.07. The summed E-state index contributed by atoms with van der Waals surface area (Å²) < 4.78 is 10.9. The first-order valence-corrected chi connectivity index (χ1v) is 11.3. The predicted molar refractivity (Wildman–Crippen MR) is 137 cm³/mol. The number of amides is 2. The number of hydrogen-bond acceptors (Lipinski definition) is 5. The molecule has 7 nitrogen and oxygen atoms in total. The van der Waals surface area contributed by atoms with E-state index in [0.717, 1.165) is 25.2 Å². The van der Waals surface area contributed by atoms with Gasteiger partial charge in [0.15, 0.2) is 0 Å². The molecule has 34 heavy (non-hydrogen) atoms. The predicted octanol–water partition coefficient (Wildman–Crippen LogP) is 5.44. The van der Waals surface area contributed by atoms with Crippen molar-refractivity contribution in [2.75, 3.05) is 42.8 Å². The molecule has 3 aromatic rings. The van der Waals surface area contributed by atoms with Crippen LogP contribution in [0.1, 0.15) is 41.0 Å². The van der Waals surface area contributed by atoms with E-state index in [2.05, 4.69) is 29.4 Å². The molecule has 0 unspecified atom stereocenters. The Labute approximate surface area is 200 Å². The third kappa shape index (κ3) is 5.86. The van der Waals surface area contributed by atoms with Gasteiger partial charge in [-0.1, -0.05) is 25.1 Å². The number of nitrogens with one attached hydrogen (secondary N) is 2. The lowest BCUT2D eigenvalue weighted by molar-refractivity contribution is 0.101. The molecule has 0 saturated carbocycles. The van der Waals surface area contributed by atoms with Crippen molar-refractivity contribution in [2.24, 2.45) is 0 Å². The molecule has 0 aromatic heterocycles. The molecule has 2 amide bonds. The van der Waals surface area contributed by atoms with Gasteiger partial charge in [-0.15, -0.1) is 0 Å². The Bertz CT molecular complexity index is 1110. The first kappa shape index (κ1) is 24.6. The van der Waals surface area contributed by atoms with Gasteiger partial charge in [0, 0.05) is 42.0 Å². The summed E-state index contributed by atoms with van der Waals surface area (Å²) in [6, 6.07) is 19.7. The first-order valence-electron chi connectivity index (χ1n) is 11.3. The Morgan fingerprint density at radius 1 is 0.765 bits per heavy atom. The van der Waals surface area contributed by atoms with Gasteiger partial charge in [0.1, 0.15) is 11.5 Å². The maximum atomic E-state index is 12.9. The number of benzene rings is 3. The lowest BCUT2D eigenvalue weighted by Crippen LogP contribution is -2.23. The second-order valence-electron chi connectivity index (χ2n) is 7.65. The van der Waals surface area contributed by atoms with Crippen LogP contribution in [0.4, 0.5) is 17.1 Å². The Hall–Kier alpha value is -4.00. The van der Waals surface area contributed by atoms with E-state index in [1.165, 1.54) is 14.2 Å². The number of methoxy groups -OCH3 is 2. The molecule has 0 aliphatic heterocycles. The smallest absolute Gasteiger partial charge is 0.255 e. The molecule has 0 bridgehead atoms. The molecule has 0 heterocycles. The molecule has 178 valence electrons. The fourth-order valence-corrected chi connectivity index (χ4v) is 3.63. The highest BCUT2D eigenvalue weighted by Crippen LogP contribution is 2.37. The molecule has 3 rings (SSSR count). The van der Waals surface area contributed by atoms with Crippen LogP contribution in [-0.2, 0) is 0 Å². The summed E-state index contributed by atoms with van der Waals surface area (Å²) in [6.07, 6.45) is 1.06. The average molecular weight is 462 g/mol. The number of hydrogen-bond donors (Lipinski definition) is 2. The SMILES string of the molecule is CCCN(CC)c1ccc(C(=O)Nc2cc(OC)c(NC(=O)c3ccccc3)cc2OC)cc1. The Kier molecular flexibility index (Phi) is 8.51. The minimum Gasteiger partial charge on any atom is -0.494 e. The van der Waals surface area contributed by atoms with Crippen molar-refractivity contribution in [3.63, 3.8) is 0 Å². The molecule has 2 N–H and O–H groups in total. The van der Waals surface area contributed by atoms with Crippen molar-refractivity contribution >= 4 is 28.9 Å². The summed E-state index contributed by atoms with van der Waals surface area (Å²) in [4.78, 5) is 27.8. The van der Waals surface area contributed by atoms with Gasteiger partial charge >= 0.3 is 0 Å². The molecular formula is C27H31N3O4. The summed E-state index contributed by atoms with van der Waals surface area (Å²) >= 11 is 0. The van der Waals surface area contributed by atoms with Crippen LogP contribution in [0.3, 0.4) is 0 Å². The molecular weight excluding hydrogens is 430 g/mol. The molecule has 0 fully saturated rings. The van der Waals surface area contributed by atoms with E-state index in [1.807, 2.05) is 18.2 Å². The van der Waals surface area contributed by atoms with Crippen molar-refractivity contribution in [2.45, 2.75) is 20.3 Å². The Morgan fingerprint density at radius 3 is 1.71 bits per heavy atom. The van der Waals surface area contributed by atoms with Gasteiger partial charge in [0.25, 0.3) is 11.8 Å². The Morgan fingerprint density at radius 2 is 1.26 bits per heavy atom. The van der Waals surface area contributed by atoms with Crippen molar-refractivity contribution in [3.05, 3.63) is 77.9 Å². The van der Waals surface area contributed by atoms with Crippen molar-refractivity contribution < 1.29 is 19.1 Å². The van der Waals surface area contributed by atoms with E-state index in [4.69, 9.17) is 9.47 Å². The third-order valence-corrected chi connectivity index (χ3v) is 5.42. The number of carbonyl (C=O) groups is 2. The van der Waals surface area contributed by atoms with Crippen molar-refractivity contribution in [1.29, 1.82) is 0 Å². The second kappa shape index (κ2) is 11.7. The minimum atomic E-state index is -0.276. The van der Waals surface area contributed by atoms with Crippen LogP contribution in [0.25, 0.3) is 0 Å². The summed E-state index contributed by atoms with van der Waals surface area (Å²) in [6.45, 7) is 6.13. The van der Waals surface area contributed by atoms with Gasteiger partial charge in [0.2, 0.25) is 0 Å². The number of carbonyl (C=O) groups excluding carboxylic acids is 2. The van der Waals surface area contributed by atoms with Gasteiger partial charge in [-0.05, 0) is 49.7 Å². The molecule has 7 heteroatoms. The van der Waals surface area contributed by atoms with Crippen LogP contribution < -0.4 is 25.0 Å². The molecule has 0 atom stereocenters. The van der Waals surface area contributed by atoms with Crippen molar-refractivity contribution in [1.82, 2.24) is 0 Å². The first-order chi connectivity index (χ1) is 16.5. The van der Waals surface area contributed by atoms with Crippen LogP contribution in [-0.4, -0.2) is 39.1 Å². The zero-order chi connectivity index (χ0) is 24.5. The quantitative estimate of drug-likeness (QED) is 0.420. The lowest BCUT2D eigenvalue weighted by Gasteiger charge is -2.22. The summed E-state index contributed by atoms with van der Waals surface area (Å²) in [5.41, 5.74) is 3.00. The topological polar surface area (TPSA) is 79.9 Å². The van der Waals surface area contributed by atoms with Crippen LogP contribution in [0.5, 0.6) is 11.5 Å². The molecule has 3 aromatic carbocycles. The number of nitrogens with zero attached hydrogens (tertiary/aromatic N) is 1. The maximum absolute atomic E-state index is 12.9. The molecule has 0 saturated heterocycles. The highest BCUT2D eigenvalue weighted by atomic mass is 16.5. The van der Waals surface area contributed by atoms with E-state index in [-0.39, 0.29) is 11.8 Å². The minimum absolute atomic E-state index is 0.272. The largest absolute Gasteiger partial charge is 0.494 e.